The molecule has 7 heteroatoms. The minimum atomic E-state index is 0.270. The Morgan fingerprint density at radius 2 is 2.45 bits per heavy atom. The summed E-state index contributed by atoms with van der Waals surface area (Å²) in [6.07, 6.45) is 3.72. The molecule has 0 saturated heterocycles. The molecule has 0 aliphatic heterocycles. The average Bonchev–Trinajstić information content (AvgIpc) is 3.18. The predicted molar refractivity (Wildman–Crippen MR) is 76.1 cm³/mol. The van der Waals surface area contributed by atoms with Crippen molar-refractivity contribution in [2.24, 2.45) is 0 Å². The summed E-state index contributed by atoms with van der Waals surface area (Å²) in [6, 6.07) is 4.16. The minimum Gasteiger partial charge on any atom is -0.338 e. The second-order valence-electron chi connectivity index (χ2n) is 4.53. The van der Waals surface area contributed by atoms with Gasteiger partial charge in [-0.3, -0.25) is 4.68 Å². The topological polar surface area (TPSA) is 68.8 Å². The van der Waals surface area contributed by atoms with E-state index in [1.54, 1.807) is 17.5 Å². The van der Waals surface area contributed by atoms with Crippen LogP contribution in [-0.4, -0.2) is 26.0 Å². The van der Waals surface area contributed by atoms with Gasteiger partial charge in [0.25, 0.3) is 0 Å². The van der Waals surface area contributed by atoms with Gasteiger partial charge in [0.15, 0.2) is 0 Å². The highest BCUT2D eigenvalue weighted by molar-refractivity contribution is 7.08. The summed E-state index contributed by atoms with van der Waals surface area (Å²) in [6.45, 7) is 3.45. The van der Waals surface area contributed by atoms with Gasteiger partial charge in [-0.05, 0) is 24.4 Å². The zero-order chi connectivity index (χ0) is 13.8. The summed E-state index contributed by atoms with van der Waals surface area (Å²) >= 11 is 1.62. The Bertz CT molecular complexity index is 632. The van der Waals surface area contributed by atoms with Crippen LogP contribution in [0.4, 0.5) is 0 Å². The minimum absolute atomic E-state index is 0.270. The maximum Gasteiger partial charge on any atom is 0.240 e. The third-order valence-corrected chi connectivity index (χ3v) is 3.55. The Morgan fingerprint density at radius 1 is 1.50 bits per heavy atom. The first-order chi connectivity index (χ1) is 9.81. The van der Waals surface area contributed by atoms with Crippen molar-refractivity contribution in [2.45, 2.75) is 26.1 Å². The molecule has 0 fully saturated rings. The van der Waals surface area contributed by atoms with Crippen molar-refractivity contribution in [3.8, 4) is 11.4 Å². The first kappa shape index (κ1) is 13.0. The lowest BCUT2D eigenvalue weighted by atomic mass is 10.3. The van der Waals surface area contributed by atoms with Gasteiger partial charge in [-0.2, -0.15) is 21.4 Å². The van der Waals surface area contributed by atoms with Gasteiger partial charge in [0.1, 0.15) is 0 Å². The highest BCUT2D eigenvalue weighted by Gasteiger charge is 2.10. The van der Waals surface area contributed by atoms with Crippen molar-refractivity contribution in [3.05, 3.63) is 41.2 Å². The van der Waals surface area contributed by atoms with E-state index in [1.165, 1.54) is 0 Å². The number of aromatic nitrogens is 4. The fraction of sp³-hybridized carbons (Fsp3) is 0.308. The summed E-state index contributed by atoms with van der Waals surface area (Å²) in [5.74, 6) is 1.24. The zero-order valence-electron chi connectivity index (χ0n) is 11.1. The van der Waals surface area contributed by atoms with Crippen LogP contribution >= 0.6 is 11.3 Å². The molecule has 3 rings (SSSR count). The number of thiophene rings is 1. The van der Waals surface area contributed by atoms with E-state index in [-0.39, 0.29) is 6.04 Å². The summed E-state index contributed by atoms with van der Waals surface area (Å²) in [4.78, 5) is 4.37. The molecule has 0 amide bonds. The maximum absolute atomic E-state index is 5.23. The van der Waals surface area contributed by atoms with E-state index in [0.717, 1.165) is 12.1 Å². The standard InChI is InChI=1S/C13H15N5OS/c1-10(8-18-5-2-4-15-18)14-7-12-16-13(17-19-12)11-3-6-20-9-11/h2-6,9-10,14H,7-8H2,1H3/t10-/m0/s1. The molecule has 6 nitrogen and oxygen atoms in total. The molecule has 0 spiro atoms. The molecule has 3 heterocycles. The van der Waals surface area contributed by atoms with Crippen LogP contribution < -0.4 is 5.32 Å². The van der Waals surface area contributed by atoms with Crippen LogP contribution in [0.5, 0.6) is 0 Å². The molecule has 0 unspecified atom stereocenters. The molecule has 0 bridgehead atoms. The third-order valence-electron chi connectivity index (χ3n) is 2.87. The molecular weight excluding hydrogens is 274 g/mol. The summed E-state index contributed by atoms with van der Waals surface area (Å²) in [5, 5.41) is 15.5. The number of hydrogen-bond acceptors (Lipinski definition) is 6. The van der Waals surface area contributed by atoms with E-state index in [9.17, 15) is 0 Å². The first-order valence-electron chi connectivity index (χ1n) is 6.37. The first-order valence-corrected chi connectivity index (χ1v) is 7.31. The summed E-state index contributed by atoms with van der Waals surface area (Å²) in [5.41, 5.74) is 0.995. The van der Waals surface area contributed by atoms with Crippen LogP contribution in [-0.2, 0) is 13.1 Å². The van der Waals surface area contributed by atoms with E-state index >= 15 is 0 Å². The van der Waals surface area contributed by atoms with Gasteiger partial charge in [0.05, 0.1) is 13.1 Å². The van der Waals surface area contributed by atoms with Crippen LogP contribution in [0, 0.1) is 0 Å². The molecule has 3 aromatic rings. The molecule has 0 saturated carbocycles. The SMILES string of the molecule is C[C@@H](Cn1cccn1)NCc1nc(-c2ccsc2)no1. The van der Waals surface area contributed by atoms with Crippen molar-refractivity contribution in [1.29, 1.82) is 0 Å². The van der Waals surface area contributed by atoms with Crippen molar-refractivity contribution in [2.75, 3.05) is 0 Å². The Kier molecular flexibility index (Phi) is 3.89. The maximum atomic E-state index is 5.23. The van der Waals surface area contributed by atoms with E-state index < -0.39 is 0 Å². The molecule has 0 aliphatic rings. The van der Waals surface area contributed by atoms with Gasteiger partial charge in [0, 0.05) is 29.4 Å². The van der Waals surface area contributed by atoms with Gasteiger partial charge < -0.3 is 9.84 Å². The number of nitrogens with one attached hydrogen (secondary N) is 1. The molecule has 20 heavy (non-hydrogen) atoms. The lowest BCUT2D eigenvalue weighted by Gasteiger charge is -2.11. The fourth-order valence-electron chi connectivity index (χ4n) is 1.85. The van der Waals surface area contributed by atoms with Crippen molar-refractivity contribution >= 4 is 11.3 Å². The normalized spacial score (nSPS) is 12.7. The second kappa shape index (κ2) is 5.98. The summed E-state index contributed by atoms with van der Waals surface area (Å²) in [7, 11) is 0. The zero-order valence-corrected chi connectivity index (χ0v) is 11.9. The molecule has 1 N–H and O–H groups in total. The second-order valence-corrected chi connectivity index (χ2v) is 5.31. The molecule has 3 aromatic heterocycles. The van der Waals surface area contributed by atoms with Crippen molar-refractivity contribution in [1.82, 2.24) is 25.2 Å². The van der Waals surface area contributed by atoms with Crippen molar-refractivity contribution in [3.63, 3.8) is 0 Å². The fourth-order valence-corrected chi connectivity index (χ4v) is 2.49. The molecule has 104 valence electrons. The molecule has 1 atom stereocenters. The van der Waals surface area contributed by atoms with E-state index in [2.05, 4.69) is 27.5 Å². The largest absolute Gasteiger partial charge is 0.338 e. The Balaban J connectivity index is 1.53. The lowest BCUT2D eigenvalue weighted by Crippen LogP contribution is -2.30. The Labute approximate surface area is 120 Å². The van der Waals surface area contributed by atoms with Crippen molar-refractivity contribution < 1.29 is 4.52 Å². The van der Waals surface area contributed by atoms with Gasteiger partial charge in [-0.1, -0.05) is 5.16 Å². The number of rotatable bonds is 6. The van der Waals surface area contributed by atoms with Gasteiger partial charge in [0.2, 0.25) is 11.7 Å². The van der Waals surface area contributed by atoms with Gasteiger partial charge >= 0.3 is 0 Å². The van der Waals surface area contributed by atoms with E-state index in [4.69, 9.17) is 4.52 Å². The average molecular weight is 289 g/mol. The Morgan fingerprint density at radius 3 is 3.20 bits per heavy atom. The summed E-state index contributed by atoms with van der Waals surface area (Å²) < 4.78 is 7.12. The molecular formula is C13H15N5OS. The van der Waals surface area contributed by atoms with Crippen LogP contribution in [0.1, 0.15) is 12.8 Å². The van der Waals surface area contributed by atoms with Crippen LogP contribution in [0.2, 0.25) is 0 Å². The van der Waals surface area contributed by atoms with Gasteiger partial charge in [-0.15, -0.1) is 0 Å². The Hall–Kier alpha value is -1.99. The van der Waals surface area contributed by atoms with Crippen LogP contribution in [0.3, 0.4) is 0 Å². The number of nitrogens with zero attached hydrogens (tertiary/aromatic N) is 4. The third kappa shape index (κ3) is 3.12. The molecule has 0 radical (unpaired) electrons. The van der Waals surface area contributed by atoms with E-state index in [0.29, 0.717) is 18.3 Å². The quantitative estimate of drug-likeness (QED) is 0.753. The predicted octanol–water partition coefficient (Wildman–Crippen LogP) is 2.17. The van der Waals surface area contributed by atoms with Crippen LogP contribution in [0.25, 0.3) is 11.4 Å². The lowest BCUT2D eigenvalue weighted by molar-refractivity contribution is 0.350. The highest BCUT2D eigenvalue weighted by atomic mass is 32.1. The van der Waals surface area contributed by atoms with Gasteiger partial charge in [-0.25, -0.2) is 0 Å². The van der Waals surface area contributed by atoms with Crippen LogP contribution in [0.15, 0.2) is 39.8 Å². The number of hydrogen-bond donors (Lipinski definition) is 1. The van der Waals surface area contributed by atoms with E-state index in [1.807, 2.05) is 33.8 Å². The monoisotopic (exact) mass is 289 g/mol. The highest BCUT2D eigenvalue weighted by Crippen LogP contribution is 2.18. The molecule has 0 aromatic carbocycles. The molecule has 0 aliphatic carbocycles. The smallest absolute Gasteiger partial charge is 0.240 e.